The van der Waals surface area contributed by atoms with Gasteiger partial charge in [-0.1, -0.05) is 11.6 Å². The quantitative estimate of drug-likeness (QED) is 0.827. The van der Waals surface area contributed by atoms with Crippen LogP contribution in [0.5, 0.6) is 5.75 Å². The molecule has 1 aromatic rings. The Morgan fingerprint density at radius 3 is 2.74 bits per heavy atom. The Morgan fingerprint density at radius 1 is 1.47 bits per heavy atom. The number of carbonyl (C=O) groups excluding carboxylic acids is 2. The molecule has 0 spiro atoms. The average molecular weight is 284 g/mol. The molecular formula is C13H14ClNO4. The minimum absolute atomic E-state index is 0.0181. The van der Waals surface area contributed by atoms with Crippen LogP contribution in [0.25, 0.3) is 0 Å². The number of esters is 1. The van der Waals surface area contributed by atoms with Crippen molar-refractivity contribution < 1.29 is 19.4 Å². The van der Waals surface area contributed by atoms with Gasteiger partial charge in [-0.2, -0.15) is 0 Å². The lowest BCUT2D eigenvalue weighted by Crippen LogP contribution is -2.37. The Labute approximate surface area is 115 Å². The molecule has 0 bridgehead atoms. The number of hydrogen-bond donors (Lipinski definition) is 2. The first-order valence-corrected chi connectivity index (χ1v) is 6.35. The highest BCUT2D eigenvalue weighted by Crippen LogP contribution is 2.23. The Morgan fingerprint density at radius 2 is 2.16 bits per heavy atom. The molecule has 5 nitrogen and oxygen atoms in total. The van der Waals surface area contributed by atoms with Crippen molar-refractivity contribution in [1.29, 1.82) is 0 Å². The van der Waals surface area contributed by atoms with Crippen molar-refractivity contribution in [2.24, 2.45) is 0 Å². The van der Waals surface area contributed by atoms with Crippen molar-refractivity contribution in [2.45, 2.75) is 31.9 Å². The van der Waals surface area contributed by atoms with Crippen LogP contribution in [0, 0.1) is 0 Å². The molecule has 0 saturated heterocycles. The number of hydrogen-bond acceptors (Lipinski definition) is 4. The average Bonchev–Trinajstić information content (AvgIpc) is 3.12. The number of phenolic OH excluding ortho intramolecular Hbond substituents is 1. The topological polar surface area (TPSA) is 75.6 Å². The van der Waals surface area contributed by atoms with Gasteiger partial charge in [0.1, 0.15) is 11.3 Å². The molecule has 1 fully saturated rings. The first-order valence-electron chi connectivity index (χ1n) is 5.97. The van der Waals surface area contributed by atoms with Crippen molar-refractivity contribution in [3.63, 3.8) is 0 Å². The van der Waals surface area contributed by atoms with Crippen LogP contribution in [-0.2, 0) is 9.53 Å². The summed E-state index contributed by atoms with van der Waals surface area (Å²) in [6, 6.07) is 4.27. The van der Waals surface area contributed by atoms with Crippen LogP contribution in [-0.4, -0.2) is 29.1 Å². The maximum Gasteiger partial charge on any atom is 0.342 e. The van der Waals surface area contributed by atoms with E-state index in [1.165, 1.54) is 25.1 Å². The van der Waals surface area contributed by atoms with E-state index in [1.807, 2.05) is 0 Å². The van der Waals surface area contributed by atoms with Crippen LogP contribution in [0.1, 0.15) is 30.1 Å². The highest BCUT2D eigenvalue weighted by Gasteiger charge is 2.27. The fraction of sp³-hybridized carbons (Fsp3) is 0.385. The summed E-state index contributed by atoms with van der Waals surface area (Å²) in [7, 11) is 0. The van der Waals surface area contributed by atoms with E-state index in [9.17, 15) is 14.7 Å². The molecule has 2 rings (SSSR count). The van der Waals surface area contributed by atoms with Gasteiger partial charge in [0.2, 0.25) is 0 Å². The molecule has 0 aromatic heterocycles. The summed E-state index contributed by atoms with van der Waals surface area (Å²) >= 11 is 5.67. The number of carbonyl (C=O) groups is 2. The third kappa shape index (κ3) is 3.61. The zero-order valence-corrected chi connectivity index (χ0v) is 11.1. The minimum atomic E-state index is -0.900. The van der Waals surface area contributed by atoms with Gasteiger partial charge in [0.05, 0.1) is 0 Å². The highest BCUT2D eigenvalue weighted by molar-refractivity contribution is 6.30. The summed E-state index contributed by atoms with van der Waals surface area (Å²) in [4.78, 5) is 23.4. The first-order chi connectivity index (χ1) is 8.97. The molecule has 102 valence electrons. The van der Waals surface area contributed by atoms with Gasteiger partial charge in [0.15, 0.2) is 6.10 Å². The van der Waals surface area contributed by atoms with E-state index in [1.54, 1.807) is 0 Å². The van der Waals surface area contributed by atoms with E-state index in [4.69, 9.17) is 16.3 Å². The zero-order chi connectivity index (χ0) is 14.0. The third-order valence-corrected chi connectivity index (χ3v) is 2.99. The van der Waals surface area contributed by atoms with Crippen molar-refractivity contribution in [3.8, 4) is 5.75 Å². The van der Waals surface area contributed by atoms with Crippen LogP contribution in [0.15, 0.2) is 18.2 Å². The molecule has 2 N–H and O–H groups in total. The van der Waals surface area contributed by atoms with Crippen molar-refractivity contribution in [1.82, 2.24) is 5.32 Å². The Kier molecular flexibility index (Phi) is 3.95. The number of amides is 1. The maximum atomic E-state index is 11.8. The second-order valence-corrected chi connectivity index (χ2v) is 4.93. The van der Waals surface area contributed by atoms with Gasteiger partial charge in [-0.15, -0.1) is 0 Å². The van der Waals surface area contributed by atoms with Crippen LogP contribution in [0.4, 0.5) is 0 Å². The number of benzene rings is 1. The number of ether oxygens (including phenoxy) is 1. The van der Waals surface area contributed by atoms with Gasteiger partial charge >= 0.3 is 5.97 Å². The smallest absolute Gasteiger partial charge is 0.342 e. The number of nitrogens with one attached hydrogen (secondary N) is 1. The van der Waals surface area contributed by atoms with E-state index in [0.29, 0.717) is 5.02 Å². The van der Waals surface area contributed by atoms with E-state index in [0.717, 1.165) is 12.8 Å². The fourth-order valence-corrected chi connectivity index (χ4v) is 1.67. The molecule has 19 heavy (non-hydrogen) atoms. The van der Waals surface area contributed by atoms with Gasteiger partial charge < -0.3 is 15.2 Å². The Hall–Kier alpha value is -1.75. The monoisotopic (exact) mass is 283 g/mol. The number of aromatic hydroxyl groups is 1. The van der Waals surface area contributed by atoms with Gasteiger partial charge in [-0.05, 0) is 38.0 Å². The number of rotatable bonds is 4. The van der Waals surface area contributed by atoms with Gasteiger partial charge in [-0.25, -0.2) is 4.79 Å². The van der Waals surface area contributed by atoms with Crippen molar-refractivity contribution >= 4 is 23.5 Å². The Balaban J connectivity index is 1.97. The van der Waals surface area contributed by atoms with E-state index < -0.39 is 12.1 Å². The molecule has 0 radical (unpaired) electrons. The molecule has 1 aromatic carbocycles. The summed E-state index contributed by atoms with van der Waals surface area (Å²) in [5.74, 6) is -1.36. The van der Waals surface area contributed by atoms with Crippen LogP contribution in [0.2, 0.25) is 5.02 Å². The molecule has 1 saturated carbocycles. The van der Waals surface area contributed by atoms with Crippen molar-refractivity contribution in [3.05, 3.63) is 28.8 Å². The van der Waals surface area contributed by atoms with E-state index in [-0.39, 0.29) is 23.3 Å². The fourth-order valence-electron chi connectivity index (χ4n) is 1.50. The second-order valence-electron chi connectivity index (χ2n) is 4.49. The molecular weight excluding hydrogens is 270 g/mol. The molecule has 0 heterocycles. The molecule has 1 aliphatic carbocycles. The third-order valence-electron chi connectivity index (χ3n) is 2.76. The largest absolute Gasteiger partial charge is 0.507 e. The SMILES string of the molecule is C[C@@H](OC(=O)c1ccc(Cl)cc1O)C(=O)NC1CC1. The number of halogens is 1. The lowest BCUT2D eigenvalue weighted by atomic mass is 10.2. The molecule has 0 unspecified atom stereocenters. The first kappa shape index (κ1) is 13.7. The summed E-state index contributed by atoms with van der Waals surface area (Å²) in [5, 5.41) is 12.6. The van der Waals surface area contributed by atoms with E-state index >= 15 is 0 Å². The molecule has 0 aliphatic heterocycles. The molecule has 1 atom stereocenters. The predicted molar refractivity (Wildman–Crippen MR) is 69.2 cm³/mol. The lowest BCUT2D eigenvalue weighted by Gasteiger charge is -2.13. The van der Waals surface area contributed by atoms with E-state index in [2.05, 4.69) is 5.32 Å². The van der Waals surface area contributed by atoms with Crippen LogP contribution in [0.3, 0.4) is 0 Å². The van der Waals surface area contributed by atoms with Crippen molar-refractivity contribution in [2.75, 3.05) is 0 Å². The van der Waals surface area contributed by atoms with Gasteiger partial charge in [0.25, 0.3) is 5.91 Å². The summed E-state index contributed by atoms with van der Waals surface area (Å²) < 4.78 is 4.99. The van der Waals surface area contributed by atoms with Gasteiger partial charge in [0, 0.05) is 11.1 Å². The number of phenols is 1. The van der Waals surface area contributed by atoms with Crippen LogP contribution < -0.4 is 5.32 Å². The normalized spacial score (nSPS) is 15.7. The predicted octanol–water partition coefficient (Wildman–Crippen LogP) is 1.87. The van der Waals surface area contributed by atoms with Crippen LogP contribution >= 0.6 is 11.6 Å². The summed E-state index contributed by atoms with van der Waals surface area (Å²) in [5.41, 5.74) is -0.0181. The van der Waals surface area contributed by atoms with Gasteiger partial charge in [-0.3, -0.25) is 4.79 Å². The highest BCUT2D eigenvalue weighted by atomic mass is 35.5. The second kappa shape index (κ2) is 5.48. The zero-order valence-electron chi connectivity index (χ0n) is 10.4. The summed E-state index contributed by atoms with van der Waals surface area (Å²) in [6.07, 6.45) is 1.03. The standard InChI is InChI=1S/C13H14ClNO4/c1-7(12(17)15-9-3-4-9)19-13(18)10-5-2-8(14)6-11(10)16/h2,5-7,9,16H,3-4H2,1H3,(H,15,17)/t7-/m1/s1. The minimum Gasteiger partial charge on any atom is -0.507 e. The summed E-state index contributed by atoms with van der Waals surface area (Å²) in [6.45, 7) is 1.49. The maximum absolute atomic E-state index is 11.8. The molecule has 1 aliphatic rings. The molecule has 1 amide bonds. The molecule has 6 heteroatoms. The lowest BCUT2D eigenvalue weighted by molar-refractivity contribution is -0.129. The Bertz CT molecular complexity index is 513.